The molecule has 0 radical (unpaired) electrons. The topological polar surface area (TPSA) is 106 Å². The second kappa shape index (κ2) is 9.36. The second-order valence-corrected chi connectivity index (χ2v) is 8.53. The lowest BCUT2D eigenvalue weighted by molar-refractivity contribution is 0.0915. The molecule has 1 amide bonds. The average Bonchev–Trinajstić information content (AvgIpc) is 3.17. The van der Waals surface area contributed by atoms with Crippen LogP contribution in [0.1, 0.15) is 40.9 Å². The number of benzene rings is 2. The number of rotatable bonds is 6. The number of aliphatic hydroxyl groups is 1. The van der Waals surface area contributed by atoms with E-state index in [9.17, 15) is 18.7 Å². The summed E-state index contributed by atoms with van der Waals surface area (Å²) in [4.78, 5) is 17.0. The van der Waals surface area contributed by atoms with Crippen molar-refractivity contribution in [1.29, 1.82) is 0 Å². The van der Waals surface area contributed by atoms with Crippen LogP contribution in [0, 0.1) is 18.6 Å². The van der Waals surface area contributed by atoms with Crippen LogP contribution >= 0.6 is 11.6 Å². The van der Waals surface area contributed by atoms with Crippen LogP contribution in [-0.4, -0.2) is 31.7 Å². The number of nitrogen functional groups attached to an aromatic ring is 1. The first-order chi connectivity index (χ1) is 16.1. The lowest BCUT2D eigenvalue weighted by Gasteiger charge is -2.19. The fraction of sp³-hybridized carbons (Fsp3) is 0.208. The molecule has 2 aromatic carbocycles. The third kappa shape index (κ3) is 4.71. The third-order valence-corrected chi connectivity index (χ3v) is 5.82. The number of nitrogens with zero attached hydrogens (tertiary/aromatic N) is 3. The summed E-state index contributed by atoms with van der Waals surface area (Å²) in [7, 11) is 0. The number of hydrogen-bond acceptors (Lipinski definition) is 5. The molecule has 2 atom stereocenters. The molecular weight excluding hydrogens is 464 g/mol. The highest BCUT2D eigenvalue weighted by Gasteiger charge is 2.23. The molecule has 0 aliphatic carbocycles. The SMILES string of the molecule is Cc1c(C(=O)NC(C)CC(O)c2ccc(Cl)cc2)cc(-c2ccn3nc(N)nc3c2)c(F)c1F. The summed E-state index contributed by atoms with van der Waals surface area (Å²) >= 11 is 5.87. The number of anilines is 1. The van der Waals surface area contributed by atoms with E-state index >= 15 is 0 Å². The van der Waals surface area contributed by atoms with Crippen molar-refractivity contribution >= 4 is 29.1 Å². The van der Waals surface area contributed by atoms with Gasteiger partial charge < -0.3 is 16.2 Å². The summed E-state index contributed by atoms with van der Waals surface area (Å²) in [5, 5.41) is 17.7. The maximum atomic E-state index is 14.8. The van der Waals surface area contributed by atoms with E-state index in [2.05, 4.69) is 15.4 Å². The van der Waals surface area contributed by atoms with E-state index in [0.29, 0.717) is 21.8 Å². The molecule has 10 heteroatoms. The van der Waals surface area contributed by atoms with Crippen LogP contribution in [0.3, 0.4) is 0 Å². The molecule has 4 rings (SSSR count). The number of aromatic nitrogens is 3. The minimum atomic E-state index is -1.11. The molecule has 7 nitrogen and oxygen atoms in total. The Balaban J connectivity index is 1.58. The maximum Gasteiger partial charge on any atom is 0.251 e. The molecule has 176 valence electrons. The normalized spacial score (nSPS) is 13.1. The van der Waals surface area contributed by atoms with Gasteiger partial charge in [0.25, 0.3) is 5.91 Å². The van der Waals surface area contributed by atoms with Gasteiger partial charge in [0, 0.05) is 34.0 Å². The monoisotopic (exact) mass is 485 g/mol. The van der Waals surface area contributed by atoms with Gasteiger partial charge in [-0.2, -0.15) is 4.98 Å². The molecule has 0 bridgehead atoms. The molecule has 0 saturated carbocycles. The van der Waals surface area contributed by atoms with Crippen LogP contribution in [-0.2, 0) is 0 Å². The number of carbonyl (C=O) groups is 1. The van der Waals surface area contributed by atoms with Gasteiger partial charge in [0.05, 0.1) is 6.10 Å². The van der Waals surface area contributed by atoms with Gasteiger partial charge >= 0.3 is 0 Å². The number of amides is 1. The zero-order chi connectivity index (χ0) is 24.6. The highest BCUT2D eigenvalue weighted by molar-refractivity contribution is 6.30. The number of fused-ring (bicyclic) bond motifs is 1. The molecule has 0 spiro atoms. The summed E-state index contributed by atoms with van der Waals surface area (Å²) in [5.41, 5.74) is 6.69. The summed E-state index contributed by atoms with van der Waals surface area (Å²) < 4.78 is 31.0. The Morgan fingerprint density at radius 1 is 1.21 bits per heavy atom. The average molecular weight is 486 g/mol. The van der Waals surface area contributed by atoms with E-state index in [4.69, 9.17) is 17.3 Å². The number of pyridine rings is 1. The molecule has 0 aliphatic heterocycles. The lowest BCUT2D eigenvalue weighted by Crippen LogP contribution is -2.34. The van der Waals surface area contributed by atoms with Gasteiger partial charge in [-0.15, -0.1) is 5.10 Å². The van der Waals surface area contributed by atoms with Crippen molar-refractivity contribution < 1.29 is 18.7 Å². The van der Waals surface area contributed by atoms with Crippen molar-refractivity contribution in [3.05, 3.63) is 82.0 Å². The predicted octanol–water partition coefficient (Wildman–Crippen LogP) is 4.46. The Morgan fingerprint density at radius 3 is 2.62 bits per heavy atom. The molecule has 4 N–H and O–H groups in total. The molecular formula is C24H22ClF2N5O2. The number of hydrogen-bond donors (Lipinski definition) is 3. The molecule has 0 fully saturated rings. The zero-order valence-corrected chi connectivity index (χ0v) is 19.1. The molecule has 2 heterocycles. The van der Waals surface area contributed by atoms with Gasteiger partial charge in [0.2, 0.25) is 5.95 Å². The van der Waals surface area contributed by atoms with Crippen molar-refractivity contribution in [2.75, 3.05) is 5.73 Å². The van der Waals surface area contributed by atoms with E-state index in [0.717, 1.165) is 0 Å². The molecule has 2 unspecified atom stereocenters. The molecule has 34 heavy (non-hydrogen) atoms. The number of aliphatic hydroxyl groups excluding tert-OH is 1. The second-order valence-electron chi connectivity index (χ2n) is 8.09. The quantitative estimate of drug-likeness (QED) is 0.374. The number of nitrogens with one attached hydrogen (secondary N) is 1. The zero-order valence-electron chi connectivity index (χ0n) is 18.4. The van der Waals surface area contributed by atoms with Crippen molar-refractivity contribution in [3.63, 3.8) is 0 Å². The fourth-order valence-corrected chi connectivity index (χ4v) is 3.87. The number of nitrogens with two attached hydrogens (primary N) is 1. The van der Waals surface area contributed by atoms with Crippen molar-refractivity contribution in [2.24, 2.45) is 0 Å². The van der Waals surface area contributed by atoms with E-state index in [1.165, 1.54) is 35.8 Å². The minimum Gasteiger partial charge on any atom is -0.388 e. The third-order valence-electron chi connectivity index (χ3n) is 5.57. The Kier molecular flexibility index (Phi) is 6.49. The van der Waals surface area contributed by atoms with Gasteiger partial charge in [-0.1, -0.05) is 23.7 Å². The van der Waals surface area contributed by atoms with E-state index in [1.807, 2.05) is 0 Å². The van der Waals surface area contributed by atoms with Crippen LogP contribution in [0.15, 0.2) is 48.7 Å². The predicted molar refractivity (Wildman–Crippen MR) is 125 cm³/mol. The Hall–Kier alpha value is -3.56. The van der Waals surface area contributed by atoms with Crippen molar-refractivity contribution in [3.8, 4) is 11.1 Å². The highest BCUT2D eigenvalue weighted by atomic mass is 35.5. The van der Waals surface area contributed by atoms with E-state index in [-0.39, 0.29) is 29.1 Å². The maximum absolute atomic E-state index is 14.8. The lowest BCUT2D eigenvalue weighted by atomic mass is 9.97. The summed E-state index contributed by atoms with van der Waals surface area (Å²) in [5.74, 6) is -2.72. The van der Waals surface area contributed by atoms with Crippen LogP contribution in [0.4, 0.5) is 14.7 Å². The first-order valence-electron chi connectivity index (χ1n) is 10.5. The van der Waals surface area contributed by atoms with Crippen molar-refractivity contribution in [2.45, 2.75) is 32.4 Å². The van der Waals surface area contributed by atoms with E-state index in [1.54, 1.807) is 31.2 Å². The standard InChI is InChI=1S/C24H22ClF2N5O2/c1-12(9-19(33)14-3-5-16(25)6-4-14)29-23(34)17-11-18(22(27)21(26)13(17)2)15-7-8-32-20(10-15)30-24(28)31-32/h3-8,10-12,19,33H,9H2,1-2H3,(H2,28,31)(H,29,34). The van der Waals surface area contributed by atoms with Crippen LogP contribution in [0.2, 0.25) is 5.02 Å². The highest BCUT2D eigenvalue weighted by Crippen LogP contribution is 2.30. The Bertz CT molecular complexity index is 1370. The van der Waals surface area contributed by atoms with Crippen LogP contribution in [0.25, 0.3) is 16.8 Å². The summed E-state index contributed by atoms with van der Waals surface area (Å²) in [6.07, 6.45) is 0.899. The minimum absolute atomic E-state index is 0.0115. The molecule has 2 aromatic heterocycles. The van der Waals surface area contributed by atoms with Gasteiger partial charge in [0.15, 0.2) is 17.3 Å². The first-order valence-corrected chi connectivity index (χ1v) is 10.9. The van der Waals surface area contributed by atoms with Gasteiger partial charge in [-0.05, 0) is 61.7 Å². The van der Waals surface area contributed by atoms with E-state index < -0.39 is 29.7 Å². The fourth-order valence-electron chi connectivity index (χ4n) is 3.75. The van der Waals surface area contributed by atoms with Gasteiger partial charge in [0.1, 0.15) is 0 Å². The van der Waals surface area contributed by atoms with Gasteiger partial charge in [-0.25, -0.2) is 13.3 Å². The van der Waals surface area contributed by atoms with Gasteiger partial charge in [-0.3, -0.25) is 4.79 Å². The van der Waals surface area contributed by atoms with Crippen LogP contribution < -0.4 is 11.1 Å². The number of carbonyl (C=O) groups excluding carboxylic acids is 1. The Morgan fingerprint density at radius 2 is 1.91 bits per heavy atom. The van der Waals surface area contributed by atoms with Crippen LogP contribution in [0.5, 0.6) is 0 Å². The summed E-state index contributed by atoms with van der Waals surface area (Å²) in [6.45, 7) is 3.06. The number of halogens is 3. The Labute approximate surface area is 199 Å². The molecule has 4 aromatic rings. The van der Waals surface area contributed by atoms with Crippen molar-refractivity contribution in [1.82, 2.24) is 19.9 Å². The largest absolute Gasteiger partial charge is 0.388 e. The summed E-state index contributed by atoms with van der Waals surface area (Å²) in [6, 6.07) is 10.6. The first kappa shape index (κ1) is 23.6. The molecule has 0 aliphatic rings. The molecule has 0 saturated heterocycles. The smallest absolute Gasteiger partial charge is 0.251 e.